The number of methoxy groups -OCH3 is 1. The highest BCUT2D eigenvalue weighted by atomic mass is 16.5. The second kappa shape index (κ2) is 6.77. The molecule has 3 nitrogen and oxygen atoms in total. The molecule has 0 aliphatic heterocycles. The zero-order valence-electron chi connectivity index (χ0n) is 17.5. The van der Waals surface area contributed by atoms with Gasteiger partial charge in [0.1, 0.15) is 0 Å². The third kappa shape index (κ3) is 2.81. The maximum Gasteiger partial charge on any atom is 0.160 e. The minimum absolute atomic E-state index is 0.0253. The molecule has 0 saturated heterocycles. The van der Waals surface area contributed by atoms with E-state index in [9.17, 15) is 10.2 Å². The molecule has 2 N–H and O–H groups in total. The van der Waals surface area contributed by atoms with E-state index in [1.54, 1.807) is 7.11 Å². The quantitative estimate of drug-likeness (QED) is 0.752. The molecule has 2 aromatic rings. The van der Waals surface area contributed by atoms with Gasteiger partial charge in [-0.1, -0.05) is 37.3 Å². The lowest BCUT2D eigenvalue weighted by Gasteiger charge is -2.53. The van der Waals surface area contributed by atoms with Crippen LogP contribution in [0.2, 0.25) is 0 Å². The predicted octanol–water partition coefficient (Wildman–Crippen LogP) is 5.23. The summed E-state index contributed by atoms with van der Waals surface area (Å²) in [4.78, 5) is 0. The maximum absolute atomic E-state index is 11.9. The highest BCUT2D eigenvalue weighted by molar-refractivity contribution is 5.49. The molecule has 2 saturated carbocycles. The zero-order chi connectivity index (χ0) is 20.2. The van der Waals surface area contributed by atoms with Crippen molar-refractivity contribution in [3.8, 4) is 11.5 Å². The van der Waals surface area contributed by atoms with Crippen molar-refractivity contribution < 1.29 is 14.9 Å². The van der Waals surface area contributed by atoms with Gasteiger partial charge >= 0.3 is 0 Å². The van der Waals surface area contributed by atoms with Gasteiger partial charge in [-0.2, -0.15) is 0 Å². The Bertz CT molecular complexity index is 908. The second-order valence-electron chi connectivity index (χ2n) is 9.83. The number of aliphatic hydroxyl groups is 1. The molecule has 3 aliphatic carbocycles. The largest absolute Gasteiger partial charge is 0.504 e. The number of hydrogen-bond donors (Lipinski definition) is 2. The minimum Gasteiger partial charge on any atom is -0.504 e. The Hall–Kier alpha value is -2.00. The normalized spacial score (nSPS) is 35.5. The second-order valence-corrected chi connectivity index (χ2v) is 9.83. The number of phenols is 1. The van der Waals surface area contributed by atoms with Crippen molar-refractivity contribution in [3.05, 3.63) is 59.2 Å². The van der Waals surface area contributed by atoms with E-state index in [1.165, 1.54) is 16.7 Å². The van der Waals surface area contributed by atoms with Gasteiger partial charge in [0.15, 0.2) is 11.5 Å². The summed E-state index contributed by atoms with van der Waals surface area (Å²) in [7, 11) is 1.63. The maximum atomic E-state index is 11.9. The van der Waals surface area contributed by atoms with Crippen LogP contribution in [0.3, 0.4) is 0 Å². The standard InChI is InChI=1S/C26H32O3/c1-25-12-10-19-20(9-8-18-14-23(27)24(29-2)15-21(18)19)22(25)11-13-26(25,28)16-17-6-4-3-5-7-17/h3-7,14-15,19-20,22,27-28H,8-13,16H2,1-2H3/t19-,20+,22-,25-,26-/m0/s1. The van der Waals surface area contributed by atoms with E-state index in [4.69, 9.17) is 4.74 Å². The van der Waals surface area contributed by atoms with Gasteiger partial charge < -0.3 is 14.9 Å². The molecule has 0 heterocycles. The number of aromatic hydroxyl groups is 1. The summed E-state index contributed by atoms with van der Waals surface area (Å²) in [5.74, 6) is 2.53. The topological polar surface area (TPSA) is 49.7 Å². The van der Waals surface area contributed by atoms with E-state index in [0.29, 0.717) is 23.5 Å². The minimum atomic E-state index is -0.614. The third-order valence-electron chi connectivity index (χ3n) is 8.69. The average molecular weight is 393 g/mol. The molecule has 5 rings (SSSR count). The Morgan fingerprint density at radius 3 is 2.62 bits per heavy atom. The van der Waals surface area contributed by atoms with Crippen molar-refractivity contribution in [1.82, 2.24) is 0 Å². The molecule has 29 heavy (non-hydrogen) atoms. The average Bonchev–Trinajstić information content (AvgIpc) is 2.98. The number of phenolic OH excluding ortho intramolecular Hbond substituents is 1. The molecule has 0 unspecified atom stereocenters. The van der Waals surface area contributed by atoms with Crippen LogP contribution in [0.25, 0.3) is 0 Å². The van der Waals surface area contributed by atoms with Crippen molar-refractivity contribution >= 4 is 0 Å². The first-order chi connectivity index (χ1) is 13.9. The van der Waals surface area contributed by atoms with E-state index in [0.717, 1.165) is 44.9 Å². The molecule has 0 amide bonds. The highest BCUT2D eigenvalue weighted by Gasteiger charge is 2.61. The fraction of sp³-hybridized carbons (Fsp3) is 0.538. The van der Waals surface area contributed by atoms with Gasteiger partial charge in [-0.25, -0.2) is 0 Å². The van der Waals surface area contributed by atoms with Crippen molar-refractivity contribution in [2.24, 2.45) is 17.3 Å². The Labute approximate surface area is 173 Å². The van der Waals surface area contributed by atoms with Crippen LogP contribution in [0, 0.1) is 17.3 Å². The Kier molecular flexibility index (Phi) is 4.43. The summed E-state index contributed by atoms with van der Waals surface area (Å²) < 4.78 is 5.41. The summed E-state index contributed by atoms with van der Waals surface area (Å²) in [6.45, 7) is 2.36. The van der Waals surface area contributed by atoms with E-state index >= 15 is 0 Å². The Morgan fingerprint density at radius 2 is 1.86 bits per heavy atom. The van der Waals surface area contributed by atoms with Gasteiger partial charge in [-0.05, 0) is 90.5 Å². The van der Waals surface area contributed by atoms with Crippen molar-refractivity contribution in [3.63, 3.8) is 0 Å². The molecule has 3 heteroatoms. The number of benzene rings is 2. The molecule has 0 bridgehead atoms. The van der Waals surface area contributed by atoms with E-state index in [-0.39, 0.29) is 11.2 Å². The van der Waals surface area contributed by atoms with E-state index < -0.39 is 5.60 Å². The van der Waals surface area contributed by atoms with Gasteiger partial charge in [0, 0.05) is 6.42 Å². The predicted molar refractivity (Wildman–Crippen MR) is 114 cm³/mol. The number of rotatable bonds is 3. The first-order valence-electron chi connectivity index (χ1n) is 11.1. The van der Waals surface area contributed by atoms with E-state index in [1.807, 2.05) is 12.1 Å². The summed E-state index contributed by atoms with van der Waals surface area (Å²) >= 11 is 0. The lowest BCUT2D eigenvalue weighted by Crippen LogP contribution is -2.51. The number of ether oxygens (including phenoxy) is 1. The van der Waals surface area contributed by atoms with Crippen LogP contribution in [0.15, 0.2) is 42.5 Å². The monoisotopic (exact) mass is 392 g/mol. The molecule has 0 radical (unpaired) electrons. The first kappa shape index (κ1) is 19.0. The fourth-order valence-corrected chi connectivity index (χ4v) is 7.09. The zero-order valence-corrected chi connectivity index (χ0v) is 17.5. The lowest BCUT2D eigenvalue weighted by atomic mass is 9.52. The number of aryl methyl sites for hydroxylation is 1. The number of fused-ring (bicyclic) bond motifs is 5. The molecule has 0 spiro atoms. The van der Waals surface area contributed by atoms with Crippen LogP contribution >= 0.6 is 0 Å². The molecule has 0 aromatic heterocycles. The summed E-state index contributed by atoms with van der Waals surface area (Å²) in [5.41, 5.74) is 3.26. The van der Waals surface area contributed by atoms with Crippen LogP contribution in [0.4, 0.5) is 0 Å². The summed E-state index contributed by atoms with van der Waals surface area (Å²) in [6, 6.07) is 14.5. The fourth-order valence-electron chi connectivity index (χ4n) is 7.09. The van der Waals surface area contributed by atoms with Crippen molar-refractivity contribution in [2.45, 2.75) is 63.4 Å². The molecule has 2 aromatic carbocycles. The SMILES string of the molecule is COc1cc2c(cc1O)CC[C@@H]1[C@@H]2CC[C@@]2(C)[C@H]1CC[C@]2(O)Cc1ccccc1. The van der Waals surface area contributed by atoms with Gasteiger partial charge in [-0.3, -0.25) is 0 Å². The van der Waals surface area contributed by atoms with Gasteiger partial charge in [0.2, 0.25) is 0 Å². The van der Waals surface area contributed by atoms with Crippen LogP contribution in [0.5, 0.6) is 11.5 Å². The van der Waals surface area contributed by atoms with Gasteiger partial charge in [0.05, 0.1) is 12.7 Å². The summed E-state index contributed by atoms with van der Waals surface area (Å²) in [6.07, 6.45) is 7.11. The molecule has 3 aliphatic rings. The number of hydrogen-bond acceptors (Lipinski definition) is 3. The molecule has 5 atom stereocenters. The molecule has 154 valence electrons. The lowest BCUT2D eigenvalue weighted by molar-refractivity contribution is -0.102. The van der Waals surface area contributed by atoms with Crippen LogP contribution in [0.1, 0.15) is 61.6 Å². The molecule has 2 fully saturated rings. The smallest absolute Gasteiger partial charge is 0.160 e. The van der Waals surface area contributed by atoms with Gasteiger partial charge in [-0.15, -0.1) is 0 Å². The van der Waals surface area contributed by atoms with Crippen molar-refractivity contribution in [1.29, 1.82) is 0 Å². The van der Waals surface area contributed by atoms with Crippen LogP contribution < -0.4 is 4.74 Å². The van der Waals surface area contributed by atoms with Crippen LogP contribution in [-0.2, 0) is 12.8 Å². The highest BCUT2D eigenvalue weighted by Crippen LogP contribution is 2.65. The molecular weight excluding hydrogens is 360 g/mol. The Morgan fingerprint density at radius 1 is 1.07 bits per heavy atom. The summed E-state index contributed by atoms with van der Waals surface area (Å²) in [5, 5.41) is 22.1. The third-order valence-corrected chi connectivity index (χ3v) is 8.69. The van der Waals surface area contributed by atoms with Crippen LogP contribution in [-0.4, -0.2) is 22.9 Å². The molecular formula is C26H32O3. The van der Waals surface area contributed by atoms with E-state index in [2.05, 4.69) is 37.3 Å². The Balaban J connectivity index is 1.46. The van der Waals surface area contributed by atoms with Crippen molar-refractivity contribution in [2.75, 3.05) is 7.11 Å². The first-order valence-corrected chi connectivity index (χ1v) is 11.1. The van der Waals surface area contributed by atoms with Gasteiger partial charge in [0.25, 0.3) is 0 Å².